The maximum Gasteiger partial charge on any atom is 0.263 e. The van der Waals surface area contributed by atoms with Gasteiger partial charge in [0, 0.05) is 12.1 Å². The largest absolute Gasteiger partial charge is 0.495 e. The molecule has 1 N–H and O–H groups in total. The predicted octanol–water partition coefficient (Wildman–Crippen LogP) is 4.55. The van der Waals surface area contributed by atoms with Crippen LogP contribution in [0.1, 0.15) is 23.1 Å². The minimum absolute atomic E-state index is 0.0421. The first-order valence-electron chi connectivity index (χ1n) is 6.35. The molecule has 106 valence electrons. The fourth-order valence-electron chi connectivity index (χ4n) is 2.00. The van der Waals surface area contributed by atoms with E-state index < -0.39 is 6.43 Å². The van der Waals surface area contributed by atoms with Crippen molar-refractivity contribution < 1.29 is 13.5 Å². The second-order valence-corrected chi connectivity index (χ2v) is 4.60. The van der Waals surface area contributed by atoms with E-state index in [4.69, 9.17) is 4.74 Å². The van der Waals surface area contributed by atoms with Gasteiger partial charge in [0.2, 0.25) is 0 Å². The van der Waals surface area contributed by atoms with Gasteiger partial charge in [0.05, 0.1) is 12.8 Å². The van der Waals surface area contributed by atoms with Crippen LogP contribution in [0.15, 0.2) is 42.5 Å². The molecule has 20 heavy (non-hydrogen) atoms. The van der Waals surface area contributed by atoms with Crippen molar-refractivity contribution in [2.75, 3.05) is 12.4 Å². The number of methoxy groups -OCH3 is 1. The van der Waals surface area contributed by atoms with E-state index in [9.17, 15) is 8.78 Å². The first-order chi connectivity index (χ1) is 9.60. The van der Waals surface area contributed by atoms with Gasteiger partial charge in [-0.1, -0.05) is 24.3 Å². The van der Waals surface area contributed by atoms with Crippen molar-refractivity contribution in [2.45, 2.75) is 19.9 Å². The molecule has 0 heterocycles. The molecule has 0 fully saturated rings. The minimum Gasteiger partial charge on any atom is -0.495 e. The Hall–Kier alpha value is -2.10. The van der Waals surface area contributed by atoms with Gasteiger partial charge in [-0.25, -0.2) is 8.78 Å². The van der Waals surface area contributed by atoms with Gasteiger partial charge < -0.3 is 10.1 Å². The maximum atomic E-state index is 12.6. The molecule has 0 bridgehead atoms. The van der Waals surface area contributed by atoms with E-state index in [0.29, 0.717) is 6.54 Å². The van der Waals surface area contributed by atoms with Gasteiger partial charge in [-0.15, -0.1) is 0 Å². The molecule has 2 aromatic rings. The van der Waals surface area contributed by atoms with Crippen LogP contribution in [0.4, 0.5) is 14.5 Å². The Morgan fingerprint density at radius 1 is 1.15 bits per heavy atom. The molecule has 0 amide bonds. The highest BCUT2D eigenvalue weighted by molar-refractivity contribution is 5.58. The van der Waals surface area contributed by atoms with Crippen LogP contribution in [0, 0.1) is 6.92 Å². The molecule has 0 aliphatic rings. The van der Waals surface area contributed by atoms with Gasteiger partial charge in [-0.2, -0.15) is 0 Å². The van der Waals surface area contributed by atoms with Crippen LogP contribution in [0.5, 0.6) is 5.75 Å². The zero-order valence-corrected chi connectivity index (χ0v) is 11.5. The van der Waals surface area contributed by atoms with Gasteiger partial charge in [0.25, 0.3) is 6.43 Å². The van der Waals surface area contributed by atoms with Crippen LogP contribution in [0.3, 0.4) is 0 Å². The van der Waals surface area contributed by atoms with Crippen molar-refractivity contribution in [1.82, 2.24) is 0 Å². The average molecular weight is 277 g/mol. The smallest absolute Gasteiger partial charge is 0.263 e. The summed E-state index contributed by atoms with van der Waals surface area (Å²) in [6.07, 6.45) is -2.44. The third-order valence-corrected chi connectivity index (χ3v) is 3.04. The summed E-state index contributed by atoms with van der Waals surface area (Å²) < 4.78 is 30.6. The molecule has 0 spiro atoms. The Kier molecular flexibility index (Phi) is 4.56. The number of aryl methyl sites for hydroxylation is 1. The van der Waals surface area contributed by atoms with E-state index in [2.05, 4.69) is 5.32 Å². The SMILES string of the molecule is COc1ccc(C)cc1NCc1cccc(C(F)F)c1. The molecular formula is C16H17F2NO. The predicted molar refractivity (Wildman–Crippen MR) is 76.5 cm³/mol. The van der Waals surface area contributed by atoms with Crippen LogP contribution in [-0.2, 0) is 6.54 Å². The molecule has 0 aliphatic carbocycles. The fourth-order valence-corrected chi connectivity index (χ4v) is 2.00. The molecule has 0 aliphatic heterocycles. The molecule has 0 saturated heterocycles. The molecule has 0 atom stereocenters. The number of hydrogen-bond acceptors (Lipinski definition) is 2. The summed E-state index contributed by atoms with van der Waals surface area (Å²) in [4.78, 5) is 0. The van der Waals surface area contributed by atoms with Gasteiger partial charge >= 0.3 is 0 Å². The second kappa shape index (κ2) is 6.37. The third-order valence-electron chi connectivity index (χ3n) is 3.04. The highest BCUT2D eigenvalue weighted by Gasteiger charge is 2.07. The summed E-state index contributed by atoms with van der Waals surface area (Å²) in [7, 11) is 1.60. The number of alkyl halides is 2. The first kappa shape index (κ1) is 14.3. The van der Waals surface area contributed by atoms with E-state index >= 15 is 0 Å². The summed E-state index contributed by atoms with van der Waals surface area (Å²) in [5, 5.41) is 3.22. The van der Waals surface area contributed by atoms with E-state index in [1.807, 2.05) is 31.2 Å². The number of halogens is 2. The van der Waals surface area contributed by atoms with Crippen LogP contribution in [0.2, 0.25) is 0 Å². The summed E-state index contributed by atoms with van der Waals surface area (Å²) >= 11 is 0. The van der Waals surface area contributed by atoms with Gasteiger partial charge in [-0.3, -0.25) is 0 Å². The Morgan fingerprint density at radius 2 is 1.95 bits per heavy atom. The molecular weight excluding hydrogens is 260 g/mol. The van der Waals surface area contributed by atoms with Crippen LogP contribution in [0.25, 0.3) is 0 Å². The topological polar surface area (TPSA) is 21.3 Å². The minimum atomic E-state index is -2.44. The lowest BCUT2D eigenvalue weighted by Crippen LogP contribution is -2.02. The first-order valence-corrected chi connectivity index (χ1v) is 6.35. The maximum absolute atomic E-state index is 12.6. The van der Waals surface area contributed by atoms with Gasteiger partial charge in [0.15, 0.2) is 0 Å². The summed E-state index contributed by atoms with van der Waals surface area (Å²) in [6.45, 7) is 2.46. The number of rotatable bonds is 5. The van der Waals surface area contributed by atoms with E-state index in [1.54, 1.807) is 13.2 Å². The van der Waals surface area contributed by atoms with Crippen molar-refractivity contribution in [3.05, 3.63) is 59.2 Å². The molecule has 2 rings (SSSR count). The van der Waals surface area contributed by atoms with Crippen molar-refractivity contribution in [1.29, 1.82) is 0 Å². The van der Waals surface area contributed by atoms with Crippen molar-refractivity contribution in [2.24, 2.45) is 0 Å². The highest BCUT2D eigenvalue weighted by atomic mass is 19.3. The highest BCUT2D eigenvalue weighted by Crippen LogP contribution is 2.26. The van der Waals surface area contributed by atoms with Crippen LogP contribution >= 0.6 is 0 Å². The summed E-state index contributed by atoms with van der Waals surface area (Å²) in [6, 6.07) is 12.2. The van der Waals surface area contributed by atoms with Gasteiger partial charge in [0.1, 0.15) is 5.75 Å². The molecule has 0 aromatic heterocycles. The molecule has 0 radical (unpaired) electrons. The molecule has 2 aromatic carbocycles. The number of nitrogens with one attached hydrogen (secondary N) is 1. The van der Waals surface area contributed by atoms with E-state index in [-0.39, 0.29) is 5.56 Å². The Balaban J connectivity index is 2.12. The zero-order chi connectivity index (χ0) is 14.5. The molecule has 2 nitrogen and oxygen atoms in total. The second-order valence-electron chi connectivity index (χ2n) is 4.60. The summed E-state index contributed by atoms with van der Waals surface area (Å²) in [5.41, 5.74) is 2.82. The number of ether oxygens (including phenoxy) is 1. The zero-order valence-electron chi connectivity index (χ0n) is 11.5. The van der Waals surface area contributed by atoms with Crippen molar-refractivity contribution in [3.63, 3.8) is 0 Å². The fraction of sp³-hybridized carbons (Fsp3) is 0.250. The lowest BCUT2D eigenvalue weighted by Gasteiger charge is -2.12. The van der Waals surface area contributed by atoms with Crippen LogP contribution in [-0.4, -0.2) is 7.11 Å². The molecule has 0 unspecified atom stereocenters. The quantitative estimate of drug-likeness (QED) is 0.865. The standard InChI is InChI=1S/C16H17F2NO/c1-11-6-7-15(20-2)14(8-11)19-10-12-4-3-5-13(9-12)16(17)18/h3-9,16,19H,10H2,1-2H3. The van der Waals surface area contributed by atoms with E-state index in [1.165, 1.54) is 12.1 Å². The molecule has 4 heteroatoms. The van der Waals surface area contributed by atoms with Crippen LogP contribution < -0.4 is 10.1 Å². The number of benzene rings is 2. The monoisotopic (exact) mass is 277 g/mol. The Labute approximate surface area is 117 Å². The lowest BCUT2D eigenvalue weighted by molar-refractivity contribution is 0.151. The van der Waals surface area contributed by atoms with Crippen molar-refractivity contribution >= 4 is 5.69 Å². The third kappa shape index (κ3) is 3.47. The normalized spacial score (nSPS) is 10.7. The van der Waals surface area contributed by atoms with Crippen molar-refractivity contribution in [3.8, 4) is 5.75 Å². The summed E-state index contributed by atoms with van der Waals surface area (Å²) in [5.74, 6) is 0.737. The Bertz CT molecular complexity index is 584. The number of anilines is 1. The lowest BCUT2D eigenvalue weighted by atomic mass is 10.1. The van der Waals surface area contributed by atoms with E-state index in [0.717, 1.165) is 22.6 Å². The molecule has 0 saturated carbocycles. The van der Waals surface area contributed by atoms with Gasteiger partial charge in [-0.05, 0) is 36.2 Å². The Morgan fingerprint density at radius 3 is 2.65 bits per heavy atom. The number of hydrogen-bond donors (Lipinski definition) is 1. The average Bonchev–Trinajstić information content (AvgIpc) is 2.45.